The van der Waals surface area contributed by atoms with Gasteiger partial charge in [0.1, 0.15) is 0 Å². The van der Waals surface area contributed by atoms with E-state index in [-0.39, 0.29) is 5.91 Å². The highest BCUT2D eigenvalue weighted by Gasteiger charge is 2.19. The van der Waals surface area contributed by atoms with E-state index in [2.05, 4.69) is 20.9 Å². The fourth-order valence-electron chi connectivity index (χ4n) is 1.44. The van der Waals surface area contributed by atoms with Crippen LogP contribution in [-0.2, 0) is 0 Å². The molecule has 0 aromatic carbocycles. The molecule has 1 amide bonds. The number of rotatable bonds is 2. The Hall–Kier alpha value is -1.07. The lowest BCUT2D eigenvalue weighted by molar-refractivity contribution is 0.100. The number of thiophene rings is 1. The van der Waals surface area contributed by atoms with Crippen LogP contribution in [0.3, 0.4) is 0 Å². The number of aromatic amines is 1. The zero-order chi connectivity index (χ0) is 11.0. The summed E-state index contributed by atoms with van der Waals surface area (Å²) in [6.45, 7) is 1.88. The standard InChI is InChI=1S/C10H9BrN2OS/c1-5-7(10(12)14)8(15-9(5)11)6-3-2-4-13-6/h2-4,13H,1H3,(H2,12,14). The average Bonchev–Trinajstić information content (AvgIpc) is 2.75. The topological polar surface area (TPSA) is 58.9 Å². The number of nitrogens with two attached hydrogens (primary N) is 1. The zero-order valence-electron chi connectivity index (χ0n) is 8.00. The first-order chi connectivity index (χ1) is 7.11. The fraction of sp³-hybridized carbons (Fsp3) is 0.100. The summed E-state index contributed by atoms with van der Waals surface area (Å²) in [5.74, 6) is -0.390. The van der Waals surface area contributed by atoms with Crippen molar-refractivity contribution in [2.75, 3.05) is 0 Å². The Bertz CT molecular complexity index is 502. The van der Waals surface area contributed by atoms with E-state index < -0.39 is 0 Å². The Morgan fingerprint density at radius 3 is 2.87 bits per heavy atom. The minimum absolute atomic E-state index is 0.390. The summed E-state index contributed by atoms with van der Waals surface area (Å²) < 4.78 is 0.945. The van der Waals surface area contributed by atoms with E-state index in [0.29, 0.717) is 5.56 Å². The molecule has 2 heterocycles. The Morgan fingerprint density at radius 2 is 2.33 bits per heavy atom. The fourth-order valence-corrected chi connectivity index (χ4v) is 3.15. The number of primary amides is 1. The summed E-state index contributed by atoms with van der Waals surface area (Å²) in [6, 6.07) is 3.81. The second-order valence-corrected chi connectivity index (χ2v) is 5.49. The lowest BCUT2D eigenvalue weighted by Gasteiger charge is -1.98. The molecule has 78 valence electrons. The number of nitrogens with one attached hydrogen (secondary N) is 1. The SMILES string of the molecule is Cc1c(Br)sc(-c2ccc[nH]2)c1C(N)=O. The predicted octanol–water partition coefficient (Wildman–Crippen LogP) is 2.91. The number of carbonyl (C=O) groups excluding carboxylic acids is 1. The summed E-state index contributed by atoms with van der Waals surface area (Å²) >= 11 is 4.93. The number of hydrogen-bond donors (Lipinski definition) is 2. The Morgan fingerprint density at radius 1 is 1.60 bits per heavy atom. The van der Waals surface area contributed by atoms with Gasteiger partial charge >= 0.3 is 0 Å². The van der Waals surface area contributed by atoms with Gasteiger partial charge in [0, 0.05) is 6.20 Å². The van der Waals surface area contributed by atoms with E-state index in [4.69, 9.17) is 5.73 Å². The molecule has 5 heteroatoms. The van der Waals surface area contributed by atoms with E-state index >= 15 is 0 Å². The molecule has 0 saturated carbocycles. The van der Waals surface area contributed by atoms with Crippen molar-refractivity contribution in [2.24, 2.45) is 5.73 Å². The first-order valence-electron chi connectivity index (χ1n) is 4.33. The summed E-state index contributed by atoms with van der Waals surface area (Å²) in [4.78, 5) is 15.3. The van der Waals surface area contributed by atoms with Crippen molar-refractivity contribution in [3.63, 3.8) is 0 Å². The van der Waals surface area contributed by atoms with Crippen molar-refractivity contribution in [1.82, 2.24) is 4.98 Å². The monoisotopic (exact) mass is 284 g/mol. The third-order valence-corrected chi connectivity index (χ3v) is 4.37. The molecule has 0 saturated heterocycles. The van der Waals surface area contributed by atoms with Crippen molar-refractivity contribution >= 4 is 33.2 Å². The van der Waals surface area contributed by atoms with E-state index in [1.807, 2.05) is 25.3 Å². The van der Waals surface area contributed by atoms with Crippen LogP contribution >= 0.6 is 27.3 Å². The zero-order valence-corrected chi connectivity index (χ0v) is 10.4. The average molecular weight is 285 g/mol. The van der Waals surface area contributed by atoms with Crippen LogP contribution in [0.25, 0.3) is 10.6 Å². The molecule has 2 aromatic rings. The maximum atomic E-state index is 11.3. The molecule has 0 radical (unpaired) electrons. The molecule has 0 unspecified atom stereocenters. The smallest absolute Gasteiger partial charge is 0.250 e. The van der Waals surface area contributed by atoms with Gasteiger partial charge in [-0.25, -0.2) is 0 Å². The van der Waals surface area contributed by atoms with Gasteiger partial charge in [0.05, 0.1) is 19.9 Å². The highest BCUT2D eigenvalue weighted by atomic mass is 79.9. The first kappa shape index (κ1) is 10.4. The van der Waals surface area contributed by atoms with E-state index in [1.54, 1.807) is 0 Å². The number of H-pyrrole nitrogens is 1. The predicted molar refractivity (Wildman–Crippen MR) is 65.1 cm³/mol. The molecule has 0 bridgehead atoms. The highest BCUT2D eigenvalue weighted by Crippen LogP contribution is 2.38. The molecular formula is C10H9BrN2OS. The molecule has 2 rings (SSSR count). The van der Waals surface area contributed by atoms with Gasteiger partial charge in [0.2, 0.25) is 0 Å². The number of carbonyl (C=O) groups is 1. The van der Waals surface area contributed by atoms with Gasteiger partial charge in [-0.3, -0.25) is 4.79 Å². The van der Waals surface area contributed by atoms with Crippen molar-refractivity contribution < 1.29 is 4.79 Å². The van der Waals surface area contributed by atoms with Crippen molar-refractivity contribution in [3.8, 4) is 10.6 Å². The molecule has 0 spiro atoms. The van der Waals surface area contributed by atoms with Crippen molar-refractivity contribution in [1.29, 1.82) is 0 Å². The molecule has 0 aliphatic rings. The highest BCUT2D eigenvalue weighted by molar-refractivity contribution is 9.11. The van der Waals surface area contributed by atoms with Crippen LogP contribution < -0.4 is 5.73 Å². The summed E-state index contributed by atoms with van der Waals surface area (Å²) in [5, 5.41) is 0. The normalized spacial score (nSPS) is 10.5. The third kappa shape index (κ3) is 1.72. The quantitative estimate of drug-likeness (QED) is 0.875. The first-order valence-corrected chi connectivity index (χ1v) is 5.94. The number of hydrogen-bond acceptors (Lipinski definition) is 2. The van der Waals surface area contributed by atoms with Crippen molar-refractivity contribution in [2.45, 2.75) is 6.92 Å². The van der Waals surface area contributed by atoms with Gasteiger partial charge in [-0.1, -0.05) is 0 Å². The van der Waals surface area contributed by atoms with Gasteiger partial charge in [-0.15, -0.1) is 11.3 Å². The maximum absolute atomic E-state index is 11.3. The van der Waals surface area contributed by atoms with Crippen LogP contribution in [0.1, 0.15) is 15.9 Å². The minimum atomic E-state index is -0.390. The second-order valence-electron chi connectivity index (χ2n) is 3.15. The number of halogens is 1. The van der Waals surface area contributed by atoms with E-state index in [0.717, 1.165) is 19.9 Å². The third-order valence-electron chi connectivity index (χ3n) is 2.18. The lowest BCUT2D eigenvalue weighted by atomic mass is 10.1. The Labute approximate surface area is 99.4 Å². The van der Waals surface area contributed by atoms with E-state index in [9.17, 15) is 4.79 Å². The van der Waals surface area contributed by atoms with Gasteiger partial charge in [-0.2, -0.15) is 0 Å². The Balaban J connectivity index is 2.67. The number of amides is 1. The molecule has 0 aliphatic carbocycles. The van der Waals surface area contributed by atoms with Gasteiger partial charge in [0.15, 0.2) is 0 Å². The largest absolute Gasteiger partial charge is 0.366 e. The van der Waals surface area contributed by atoms with Gasteiger partial charge in [0.25, 0.3) is 5.91 Å². The molecule has 0 atom stereocenters. The lowest BCUT2D eigenvalue weighted by Crippen LogP contribution is -2.12. The van der Waals surface area contributed by atoms with Gasteiger partial charge in [-0.05, 0) is 40.5 Å². The van der Waals surface area contributed by atoms with Crippen molar-refractivity contribution in [3.05, 3.63) is 33.2 Å². The summed E-state index contributed by atoms with van der Waals surface area (Å²) in [6.07, 6.45) is 1.82. The van der Waals surface area contributed by atoms with Crippen LogP contribution in [0, 0.1) is 6.92 Å². The van der Waals surface area contributed by atoms with Crippen LogP contribution in [0.2, 0.25) is 0 Å². The summed E-state index contributed by atoms with van der Waals surface area (Å²) in [7, 11) is 0. The second kappa shape index (κ2) is 3.83. The van der Waals surface area contributed by atoms with Crippen LogP contribution in [0.5, 0.6) is 0 Å². The molecule has 3 nitrogen and oxygen atoms in total. The van der Waals surface area contributed by atoms with Crippen LogP contribution in [0.4, 0.5) is 0 Å². The molecular weight excluding hydrogens is 276 g/mol. The Kier molecular flexibility index (Phi) is 2.67. The van der Waals surface area contributed by atoms with Crippen LogP contribution in [-0.4, -0.2) is 10.9 Å². The molecule has 15 heavy (non-hydrogen) atoms. The minimum Gasteiger partial charge on any atom is -0.366 e. The van der Waals surface area contributed by atoms with Crippen LogP contribution in [0.15, 0.2) is 22.1 Å². The molecule has 3 N–H and O–H groups in total. The van der Waals surface area contributed by atoms with E-state index in [1.165, 1.54) is 11.3 Å². The molecule has 2 aromatic heterocycles. The summed E-state index contributed by atoms with van der Waals surface area (Å²) in [5.41, 5.74) is 7.78. The maximum Gasteiger partial charge on any atom is 0.250 e. The van der Waals surface area contributed by atoms with Gasteiger partial charge < -0.3 is 10.7 Å². The number of aromatic nitrogens is 1. The molecule has 0 aliphatic heterocycles. The molecule has 0 fully saturated rings.